The van der Waals surface area contributed by atoms with E-state index >= 15 is 0 Å². The third-order valence-electron chi connectivity index (χ3n) is 4.11. The molecule has 3 aromatic rings. The average molecular weight is 336 g/mol. The van der Waals surface area contributed by atoms with Gasteiger partial charge in [-0.15, -0.1) is 0 Å². The van der Waals surface area contributed by atoms with Gasteiger partial charge in [0.15, 0.2) is 0 Å². The molecule has 0 aliphatic carbocycles. The minimum absolute atomic E-state index is 0.694. The van der Waals surface area contributed by atoms with Gasteiger partial charge in [-0.2, -0.15) is 15.0 Å². The molecule has 0 unspecified atom stereocenters. The average Bonchev–Trinajstić information content (AvgIpc) is 3.09. The van der Waals surface area contributed by atoms with Crippen molar-refractivity contribution in [2.45, 2.75) is 26.4 Å². The zero-order valence-corrected chi connectivity index (χ0v) is 14.8. The van der Waals surface area contributed by atoms with E-state index in [2.05, 4.69) is 33.7 Å². The van der Waals surface area contributed by atoms with Crippen LogP contribution in [0, 0.1) is 0 Å². The van der Waals surface area contributed by atoms with Gasteiger partial charge in [0.1, 0.15) is 17.1 Å². The summed E-state index contributed by atoms with van der Waals surface area (Å²) in [4.78, 5) is 1.75. The number of aryl methyl sites for hydroxylation is 1. The first kappa shape index (κ1) is 17.2. The smallest absolute Gasteiger partial charge is 0.122 e. The van der Waals surface area contributed by atoms with Crippen LogP contribution in [-0.4, -0.2) is 28.6 Å². The molecular weight excluding hydrogens is 312 g/mol. The maximum atomic E-state index is 5.40. The summed E-state index contributed by atoms with van der Waals surface area (Å²) in [6.07, 6.45) is 0.909. The Morgan fingerprint density at radius 2 is 1.76 bits per heavy atom. The van der Waals surface area contributed by atoms with E-state index in [4.69, 9.17) is 4.74 Å². The van der Waals surface area contributed by atoms with Gasteiger partial charge in [0.2, 0.25) is 0 Å². The molecule has 130 valence electrons. The van der Waals surface area contributed by atoms with Gasteiger partial charge < -0.3 is 10.1 Å². The molecule has 0 amide bonds. The van der Waals surface area contributed by atoms with E-state index in [1.165, 1.54) is 5.56 Å². The maximum Gasteiger partial charge on any atom is 0.122 e. The number of nitrogens with zero attached hydrogens (tertiary/aromatic N) is 3. The molecule has 1 heterocycles. The second-order valence-electron chi connectivity index (χ2n) is 5.79. The lowest BCUT2D eigenvalue weighted by atomic mass is 10.1. The van der Waals surface area contributed by atoms with Crippen molar-refractivity contribution in [1.29, 1.82) is 0 Å². The van der Waals surface area contributed by atoms with E-state index in [9.17, 15) is 0 Å². The summed E-state index contributed by atoms with van der Waals surface area (Å²) < 4.78 is 5.40. The Balaban J connectivity index is 1.64. The summed E-state index contributed by atoms with van der Waals surface area (Å²) in [5.74, 6) is 0.936. The van der Waals surface area contributed by atoms with Gasteiger partial charge in [0, 0.05) is 12.1 Å². The van der Waals surface area contributed by atoms with E-state index < -0.39 is 0 Å². The summed E-state index contributed by atoms with van der Waals surface area (Å²) in [5, 5.41) is 12.7. The van der Waals surface area contributed by atoms with Gasteiger partial charge in [-0.3, -0.25) is 0 Å². The van der Waals surface area contributed by atoms with Crippen molar-refractivity contribution in [2.24, 2.45) is 0 Å². The Morgan fingerprint density at radius 3 is 2.52 bits per heavy atom. The number of ether oxygens (including phenoxy) is 1. The van der Waals surface area contributed by atoms with Crippen molar-refractivity contribution in [1.82, 2.24) is 20.3 Å². The molecule has 0 saturated heterocycles. The van der Waals surface area contributed by atoms with Crippen molar-refractivity contribution >= 4 is 0 Å². The van der Waals surface area contributed by atoms with Gasteiger partial charge in [-0.05, 0) is 31.5 Å². The van der Waals surface area contributed by atoms with Crippen LogP contribution in [0.1, 0.15) is 18.2 Å². The fourth-order valence-electron chi connectivity index (χ4n) is 2.80. The largest absolute Gasteiger partial charge is 0.496 e. The molecular formula is C20H24N4O. The zero-order valence-electron chi connectivity index (χ0n) is 14.8. The second-order valence-corrected chi connectivity index (χ2v) is 5.79. The zero-order chi connectivity index (χ0) is 17.5. The van der Waals surface area contributed by atoms with Gasteiger partial charge in [-0.1, -0.05) is 48.5 Å². The van der Waals surface area contributed by atoms with Crippen LogP contribution < -0.4 is 10.1 Å². The molecule has 0 bridgehead atoms. The first-order valence-corrected chi connectivity index (χ1v) is 8.64. The number of aromatic nitrogens is 3. The Kier molecular flexibility index (Phi) is 5.80. The maximum absolute atomic E-state index is 5.40. The normalized spacial score (nSPS) is 10.8. The highest BCUT2D eigenvalue weighted by molar-refractivity contribution is 5.60. The van der Waals surface area contributed by atoms with Crippen LogP contribution in [0.2, 0.25) is 0 Å². The van der Waals surface area contributed by atoms with Crippen LogP contribution in [0.4, 0.5) is 0 Å². The van der Waals surface area contributed by atoms with Gasteiger partial charge in [-0.25, -0.2) is 0 Å². The molecule has 0 aliphatic rings. The molecule has 25 heavy (non-hydrogen) atoms. The van der Waals surface area contributed by atoms with Crippen LogP contribution in [0.15, 0.2) is 54.6 Å². The summed E-state index contributed by atoms with van der Waals surface area (Å²) in [7, 11) is 1.71. The van der Waals surface area contributed by atoms with Gasteiger partial charge in [0.05, 0.1) is 13.7 Å². The monoisotopic (exact) mass is 336 g/mol. The van der Waals surface area contributed by atoms with Gasteiger partial charge in [0.25, 0.3) is 0 Å². The van der Waals surface area contributed by atoms with E-state index in [1.54, 1.807) is 11.9 Å². The van der Waals surface area contributed by atoms with Crippen molar-refractivity contribution < 1.29 is 4.74 Å². The third kappa shape index (κ3) is 4.25. The Hall–Kier alpha value is -2.66. The quantitative estimate of drug-likeness (QED) is 0.641. The SMILES string of the molecule is CCn1nc(CNCCc2ccccc2OC)c(-c2ccccc2)n1. The van der Waals surface area contributed by atoms with E-state index in [1.807, 2.05) is 43.3 Å². The molecule has 3 rings (SSSR count). The fourth-order valence-corrected chi connectivity index (χ4v) is 2.80. The number of para-hydroxylation sites is 1. The third-order valence-corrected chi connectivity index (χ3v) is 4.11. The van der Waals surface area contributed by atoms with Crippen LogP contribution >= 0.6 is 0 Å². The highest BCUT2D eigenvalue weighted by Crippen LogP contribution is 2.20. The highest BCUT2D eigenvalue weighted by Gasteiger charge is 2.12. The Bertz CT molecular complexity index is 798. The molecule has 0 radical (unpaired) electrons. The number of methoxy groups -OCH3 is 1. The molecule has 5 nitrogen and oxygen atoms in total. The fraction of sp³-hybridized carbons (Fsp3) is 0.300. The van der Waals surface area contributed by atoms with Crippen LogP contribution in [0.5, 0.6) is 5.75 Å². The van der Waals surface area contributed by atoms with E-state index in [0.29, 0.717) is 6.54 Å². The number of hydrogen-bond donors (Lipinski definition) is 1. The topological polar surface area (TPSA) is 52.0 Å². The molecule has 0 saturated carbocycles. The number of hydrogen-bond acceptors (Lipinski definition) is 4. The summed E-state index contributed by atoms with van der Waals surface area (Å²) in [5.41, 5.74) is 4.24. The number of nitrogens with one attached hydrogen (secondary N) is 1. The number of benzene rings is 2. The lowest BCUT2D eigenvalue weighted by Crippen LogP contribution is -2.18. The standard InChI is InChI=1S/C20H24N4O/c1-3-24-22-18(20(23-24)17-10-5-4-6-11-17)15-21-14-13-16-9-7-8-12-19(16)25-2/h4-12,21H,3,13-15H2,1-2H3. The van der Waals surface area contributed by atoms with Crippen molar-refractivity contribution in [3.05, 3.63) is 65.9 Å². The molecule has 0 aliphatic heterocycles. The Labute approximate surface area is 148 Å². The molecule has 5 heteroatoms. The first-order chi connectivity index (χ1) is 12.3. The molecule has 2 aromatic carbocycles. The molecule has 0 fully saturated rings. The predicted octanol–water partition coefficient (Wildman–Crippen LogP) is 3.31. The molecule has 1 aromatic heterocycles. The van der Waals surface area contributed by atoms with Crippen molar-refractivity contribution in [3.8, 4) is 17.0 Å². The summed E-state index contributed by atoms with van der Waals surface area (Å²) in [6, 6.07) is 18.3. The van der Waals surface area contributed by atoms with Crippen LogP contribution in [-0.2, 0) is 19.5 Å². The van der Waals surface area contributed by atoms with Crippen LogP contribution in [0.3, 0.4) is 0 Å². The molecule has 0 spiro atoms. The summed E-state index contributed by atoms with van der Waals surface area (Å²) in [6.45, 7) is 4.36. The molecule has 1 N–H and O–H groups in total. The lowest BCUT2D eigenvalue weighted by Gasteiger charge is -2.08. The first-order valence-electron chi connectivity index (χ1n) is 8.64. The molecule has 0 atom stereocenters. The summed E-state index contributed by atoms with van der Waals surface area (Å²) >= 11 is 0. The van der Waals surface area contributed by atoms with Crippen LogP contribution in [0.25, 0.3) is 11.3 Å². The predicted molar refractivity (Wildman–Crippen MR) is 99.5 cm³/mol. The second kappa shape index (κ2) is 8.44. The number of rotatable bonds is 8. The Morgan fingerprint density at radius 1 is 1.00 bits per heavy atom. The van der Waals surface area contributed by atoms with Crippen molar-refractivity contribution in [2.75, 3.05) is 13.7 Å². The minimum Gasteiger partial charge on any atom is -0.496 e. The van der Waals surface area contributed by atoms with E-state index in [0.717, 1.165) is 42.2 Å². The highest BCUT2D eigenvalue weighted by atomic mass is 16.5. The van der Waals surface area contributed by atoms with Crippen molar-refractivity contribution in [3.63, 3.8) is 0 Å². The van der Waals surface area contributed by atoms with E-state index in [-0.39, 0.29) is 0 Å². The lowest BCUT2D eigenvalue weighted by molar-refractivity contribution is 0.409. The minimum atomic E-state index is 0.694. The van der Waals surface area contributed by atoms with Gasteiger partial charge >= 0.3 is 0 Å².